The first-order valence-corrected chi connectivity index (χ1v) is 6.71. The molecule has 0 unspecified atom stereocenters. The lowest BCUT2D eigenvalue weighted by Gasteiger charge is -2.21. The highest BCUT2D eigenvalue weighted by atomic mass is 35.5. The second-order valence-corrected chi connectivity index (χ2v) is 4.94. The maximum Gasteiger partial charge on any atom is 0.320 e. The molecule has 1 aliphatic rings. The number of esters is 1. The van der Waals surface area contributed by atoms with Gasteiger partial charge in [-0.3, -0.25) is 9.69 Å². The van der Waals surface area contributed by atoms with Gasteiger partial charge in [0.1, 0.15) is 0 Å². The van der Waals surface area contributed by atoms with Crippen molar-refractivity contribution in [2.24, 2.45) is 0 Å². The van der Waals surface area contributed by atoms with Crippen molar-refractivity contribution in [3.8, 4) is 0 Å². The molecular formula is C14H18ClNO2. The molecular weight excluding hydrogens is 250 g/mol. The first-order valence-electron chi connectivity index (χ1n) is 6.33. The molecule has 98 valence electrons. The summed E-state index contributed by atoms with van der Waals surface area (Å²) in [5, 5.41) is 0.756. The average Bonchev–Trinajstić information content (AvgIpc) is 3.15. The number of nitrogens with zero attached hydrogens (tertiary/aromatic N) is 1. The Bertz CT molecular complexity index is 418. The van der Waals surface area contributed by atoms with E-state index in [4.69, 9.17) is 16.3 Å². The van der Waals surface area contributed by atoms with Gasteiger partial charge in [0, 0.05) is 17.6 Å². The van der Waals surface area contributed by atoms with E-state index in [0.717, 1.165) is 23.4 Å². The van der Waals surface area contributed by atoms with Crippen molar-refractivity contribution in [1.29, 1.82) is 0 Å². The largest absolute Gasteiger partial charge is 0.465 e. The van der Waals surface area contributed by atoms with Crippen LogP contribution < -0.4 is 0 Å². The molecule has 4 heteroatoms. The fraction of sp³-hybridized carbons (Fsp3) is 0.500. The molecule has 0 amide bonds. The summed E-state index contributed by atoms with van der Waals surface area (Å²) in [6, 6.07) is 8.27. The summed E-state index contributed by atoms with van der Waals surface area (Å²) >= 11 is 6.15. The third-order valence-electron chi connectivity index (χ3n) is 3.03. The highest BCUT2D eigenvalue weighted by molar-refractivity contribution is 6.31. The van der Waals surface area contributed by atoms with Crippen molar-refractivity contribution < 1.29 is 9.53 Å². The highest BCUT2D eigenvalue weighted by Crippen LogP contribution is 2.29. The lowest BCUT2D eigenvalue weighted by molar-refractivity contribution is -0.144. The van der Waals surface area contributed by atoms with Gasteiger partial charge in [-0.25, -0.2) is 0 Å². The molecule has 1 saturated carbocycles. The van der Waals surface area contributed by atoms with Crippen LogP contribution in [0.25, 0.3) is 0 Å². The second kappa shape index (κ2) is 6.21. The van der Waals surface area contributed by atoms with Gasteiger partial charge >= 0.3 is 5.97 Å². The van der Waals surface area contributed by atoms with Crippen LogP contribution in [-0.4, -0.2) is 30.1 Å². The molecule has 2 rings (SSSR count). The molecule has 0 heterocycles. The quantitative estimate of drug-likeness (QED) is 0.743. The van der Waals surface area contributed by atoms with Crippen LogP contribution in [0.1, 0.15) is 25.3 Å². The van der Waals surface area contributed by atoms with Gasteiger partial charge in [0.2, 0.25) is 0 Å². The monoisotopic (exact) mass is 267 g/mol. The molecule has 18 heavy (non-hydrogen) atoms. The Morgan fingerprint density at radius 1 is 1.44 bits per heavy atom. The molecule has 3 nitrogen and oxygen atoms in total. The van der Waals surface area contributed by atoms with Gasteiger partial charge in [0.05, 0.1) is 13.2 Å². The number of carbonyl (C=O) groups excluding carboxylic acids is 1. The lowest BCUT2D eigenvalue weighted by Crippen LogP contribution is -2.32. The van der Waals surface area contributed by atoms with Gasteiger partial charge in [0.15, 0.2) is 0 Å². The Morgan fingerprint density at radius 3 is 2.78 bits per heavy atom. The number of carbonyl (C=O) groups is 1. The van der Waals surface area contributed by atoms with E-state index in [0.29, 0.717) is 25.7 Å². The zero-order valence-electron chi connectivity index (χ0n) is 10.6. The number of hydrogen-bond donors (Lipinski definition) is 0. The number of ether oxygens (including phenoxy) is 1. The van der Waals surface area contributed by atoms with Crippen LogP contribution in [0, 0.1) is 0 Å². The van der Waals surface area contributed by atoms with Crippen molar-refractivity contribution >= 4 is 17.6 Å². The zero-order valence-corrected chi connectivity index (χ0v) is 11.3. The molecule has 0 N–H and O–H groups in total. The minimum absolute atomic E-state index is 0.156. The van der Waals surface area contributed by atoms with Gasteiger partial charge in [-0.15, -0.1) is 0 Å². The standard InChI is InChI=1S/C14H18ClNO2/c1-2-18-14(17)10-16(12-7-8-12)9-11-5-3-4-6-13(11)15/h3-6,12H,2,7-10H2,1H3. The Labute approximate surface area is 113 Å². The van der Waals surface area contributed by atoms with E-state index in [1.54, 1.807) is 0 Å². The Hall–Kier alpha value is -1.06. The van der Waals surface area contributed by atoms with Gasteiger partial charge < -0.3 is 4.74 Å². The fourth-order valence-corrected chi connectivity index (χ4v) is 2.17. The van der Waals surface area contributed by atoms with Gasteiger partial charge in [-0.1, -0.05) is 29.8 Å². The van der Waals surface area contributed by atoms with Crippen LogP contribution in [0.5, 0.6) is 0 Å². The Kier molecular flexibility index (Phi) is 4.61. The van der Waals surface area contributed by atoms with E-state index in [-0.39, 0.29) is 5.97 Å². The highest BCUT2D eigenvalue weighted by Gasteiger charge is 2.30. The molecule has 0 aromatic heterocycles. The maximum absolute atomic E-state index is 11.6. The summed E-state index contributed by atoms with van der Waals surface area (Å²) in [5.41, 5.74) is 1.07. The number of rotatable bonds is 6. The minimum atomic E-state index is -0.156. The number of benzene rings is 1. The topological polar surface area (TPSA) is 29.5 Å². The molecule has 1 aliphatic carbocycles. The first-order chi connectivity index (χ1) is 8.70. The van der Waals surface area contributed by atoms with E-state index >= 15 is 0 Å². The van der Waals surface area contributed by atoms with Crippen molar-refractivity contribution in [3.63, 3.8) is 0 Å². The number of hydrogen-bond acceptors (Lipinski definition) is 3. The maximum atomic E-state index is 11.6. The molecule has 0 aliphatic heterocycles. The zero-order chi connectivity index (χ0) is 13.0. The molecule has 1 aromatic carbocycles. The van der Waals surface area contributed by atoms with E-state index in [2.05, 4.69) is 4.90 Å². The smallest absolute Gasteiger partial charge is 0.320 e. The Morgan fingerprint density at radius 2 is 2.17 bits per heavy atom. The van der Waals surface area contributed by atoms with Gasteiger partial charge in [0.25, 0.3) is 0 Å². The van der Waals surface area contributed by atoms with Crippen molar-refractivity contribution in [2.45, 2.75) is 32.4 Å². The van der Waals surface area contributed by atoms with Crippen LogP contribution in [0.15, 0.2) is 24.3 Å². The fourth-order valence-electron chi connectivity index (χ4n) is 1.97. The Balaban J connectivity index is 1.98. The second-order valence-electron chi connectivity index (χ2n) is 4.53. The van der Waals surface area contributed by atoms with Gasteiger partial charge in [-0.05, 0) is 31.4 Å². The SMILES string of the molecule is CCOC(=O)CN(Cc1ccccc1Cl)C1CC1. The molecule has 0 spiro atoms. The summed E-state index contributed by atoms with van der Waals surface area (Å²) in [7, 11) is 0. The van der Waals surface area contributed by atoms with Crippen LogP contribution >= 0.6 is 11.6 Å². The summed E-state index contributed by atoms with van der Waals surface area (Å²) in [4.78, 5) is 13.7. The summed E-state index contributed by atoms with van der Waals surface area (Å²) in [5.74, 6) is -0.156. The lowest BCUT2D eigenvalue weighted by atomic mass is 10.2. The van der Waals surface area contributed by atoms with Crippen LogP contribution in [-0.2, 0) is 16.1 Å². The van der Waals surface area contributed by atoms with Crippen molar-refractivity contribution in [1.82, 2.24) is 4.90 Å². The summed E-state index contributed by atoms with van der Waals surface area (Å²) in [6.45, 7) is 3.32. The molecule has 1 aromatic rings. The van der Waals surface area contributed by atoms with Gasteiger partial charge in [-0.2, -0.15) is 0 Å². The minimum Gasteiger partial charge on any atom is -0.465 e. The number of halogens is 1. The molecule has 0 bridgehead atoms. The van der Waals surface area contributed by atoms with E-state index in [1.807, 2.05) is 31.2 Å². The van der Waals surface area contributed by atoms with Crippen LogP contribution in [0.3, 0.4) is 0 Å². The molecule has 0 radical (unpaired) electrons. The molecule has 1 fully saturated rings. The van der Waals surface area contributed by atoms with Crippen molar-refractivity contribution in [3.05, 3.63) is 34.9 Å². The third kappa shape index (κ3) is 3.72. The first kappa shape index (κ1) is 13.4. The molecule has 0 saturated heterocycles. The third-order valence-corrected chi connectivity index (χ3v) is 3.40. The van der Waals surface area contributed by atoms with Crippen molar-refractivity contribution in [2.75, 3.05) is 13.2 Å². The van der Waals surface area contributed by atoms with E-state index in [9.17, 15) is 4.79 Å². The van der Waals surface area contributed by atoms with Crippen LogP contribution in [0.4, 0.5) is 0 Å². The summed E-state index contributed by atoms with van der Waals surface area (Å²) in [6.07, 6.45) is 2.31. The predicted octanol–water partition coefficient (Wildman–Crippen LogP) is 2.87. The summed E-state index contributed by atoms with van der Waals surface area (Å²) < 4.78 is 5.00. The predicted molar refractivity (Wildman–Crippen MR) is 71.5 cm³/mol. The van der Waals surface area contributed by atoms with E-state index in [1.165, 1.54) is 0 Å². The average molecular weight is 268 g/mol. The molecule has 0 atom stereocenters. The van der Waals surface area contributed by atoms with Crippen LogP contribution in [0.2, 0.25) is 5.02 Å². The normalized spacial score (nSPS) is 14.8. The van der Waals surface area contributed by atoms with E-state index < -0.39 is 0 Å².